The summed E-state index contributed by atoms with van der Waals surface area (Å²) in [7, 11) is 1.51. The van der Waals surface area contributed by atoms with E-state index in [9.17, 15) is 9.50 Å². The monoisotopic (exact) mass is 252 g/mol. The number of methoxy groups -OCH3 is 1. The highest BCUT2D eigenvalue weighted by atomic mass is 35.5. The second-order valence-corrected chi connectivity index (χ2v) is 3.92. The van der Waals surface area contributed by atoms with Gasteiger partial charge in [0.25, 0.3) is 0 Å². The van der Waals surface area contributed by atoms with Crippen molar-refractivity contribution in [3.05, 3.63) is 47.2 Å². The van der Waals surface area contributed by atoms with Gasteiger partial charge in [0.15, 0.2) is 0 Å². The van der Waals surface area contributed by atoms with Gasteiger partial charge in [0.1, 0.15) is 17.3 Å². The third kappa shape index (κ3) is 2.34. The third-order valence-corrected chi connectivity index (χ3v) is 2.73. The van der Waals surface area contributed by atoms with Gasteiger partial charge in [-0.05, 0) is 35.9 Å². The van der Waals surface area contributed by atoms with Crippen LogP contribution in [-0.4, -0.2) is 12.2 Å². The van der Waals surface area contributed by atoms with E-state index in [2.05, 4.69) is 0 Å². The zero-order chi connectivity index (χ0) is 12.4. The number of phenols is 1. The summed E-state index contributed by atoms with van der Waals surface area (Å²) in [4.78, 5) is 0. The maximum atomic E-state index is 13.7. The summed E-state index contributed by atoms with van der Waals surface area (Å²) in [5.41, 5.74) is 0.968. The number of benzene rings is 2. The molecule has 0 unspecified atom stereocenters. The van der Waals surface area contributed by atoms with Gasteiger partial charge < -0.3 is 9.84 Å². The lowest BCUT2D eigenvalue weighted by molar-refractivity contribution is 0.414. The first-order chi connectivity index (χ1) is 8.11. The summed E-state index contributed by atoms with van der Waals surface area (Å²) in [5, 5.41) is 9.50. The second kappa shape index (κ2) is 4.63. The number of halogens is 2. The van der Waals surface area contributed by atoms with Gasteiger partial charge in [0.2, 0.25) is 0 Å². The van der Waals surface area contributed by atoms with Crippen LogP contribution in [0.4, 0.5) is 4.39 Å². The van der Waals surface area contributed by atoms with E-state index in [1.165, 1.54) is 25.3 Å². The molecule has 2 rings (SSSR count). The Morgan fingerprint density at radius 1 is 1.18 bits per heavy atom. The van der Waals surface area contributed by atoms with E-state index in [-0.39, 0.29) is 16.6 Å². The smallest absolute Gasteiger partial charge is 0.134 e. The summed E-state index contributed by atoms with van der Waals surface area (Å²) in [6.07, 6.45) is 0. The molecule has 0 saturated carbocycles. The topological polar surface area (TPSA) is 29.5 Å². The molecular weight excluding hydrogens is 243 g/mol. The fraction of sp³-hybridized carbons (Fsp3) is 0.0769. The molecular formula is C13H10ClFO2. The number of hydrogen-bond acceptors (Lipinski definition) is 2. The van der Waals surface area contributed by atoms with Crippen molar-refractivity contribution in [2.45, 2.75) is 0 Å². The standard InChI is InChI=1S/C13H10ClFO2/c1-17-9-3-4-12(15)10(7-9)8-2-5-13(16)11(14)6-8/h2-7,16H,1H3. The van der Waals surface area contributed by atoms with Crippen LogP contribution in [0.3, 0.4) is 0 Å². The molecule has 0 heterocycles. The summed E-state index contributed by atoms with van der Waals surface area (Å²) in [5.74, 6) is 0.164. The van der Waals surface area contributed by atoms with Crippen molar-refractivity contribution >= 4 is 11.6 Å². The molecule has 2 aromatic rings. The van der Waals surface area contributed by atoms with Gasteiger partial charge in [-0.15, -0.1) is 0 Å². The highest BCUT2D eigenvalue weighted by Gasteiger charge is 2.08. The van der Waals surface area contributed by atoms with E-state index in [1.54, 1.807) is 18.2 Å². The Hall–Kier alpha value is -1.74. The fourth-order valence-corrected chi connectivity index (χ4v) is 1.71. The molecule has 0 bridgehead atoms. The molecule has 0 aromatic heterocycles. The predicted octanol–water partition coefficient (Wildman–Crippen LogP) is 3.86. The quantitative estimate of drug-likeness (QED) is 0.879. The highest BCUT2D eigenvalue weighted by molar-refractivity contribution is 6.32. The molecule has 88 valence electrons. The van der Waals surface area contributed by atoms with Crippen molar-refractivity contribution < 1.29 is 14.2 Å². The number of rotatable bonds is 2. The van der Waals surface area contributed by atoms with Crippen LogP contribution in [0.15, 0.2) is 36.4 Å². The van der Waals surface area contributed by atoms with E-state index >= 15 is 0 Å². The minimum absolute atomic E-state index is 0.0290. The van der Waals surface area contributed by atoms with Crippen LogP contribution >= 0.6 is 11.6 Å². The lowest BCUT2D eigenvalue weighted by atomic mass is 10.0. The Morgan fingerprint density at radius 3 is 2.59 bits per heavy atom. The summed E-state index contributed by atoms with van der Waals surface area (Å²) < 4.78 is 18.7. The minimum atomic E-state index is -0.368. The molecule has 0 aliphatic heterocycles. The second-order valence-electron chi connectivity index (χ2n) is 3.51. The molecule has 0 amide bonds. The summed E-state index contributed by atoms with van der Waals surface area (Å²) in [6, 6.07) is 8.98. The first-order valence-electron chi connectivity index (χ1n) is 4.94. The Morgan fingerprint density at radius 2 is 1.94 bits per heavy atom. The molecule has 0 radical (unpaired) electrons. The molecule has 2 nitrogen and oxygen atoms in total. The van der Waals surface area contributed by atoms with Gasteiger partial charge in [0.05, 0.1) is 12.1 Å². The average molecular weight is 253 g/mol. The van der Waals surface area contributed by atoms with E-state index in [0.717, 1.165) is 0 Å². The fourth-order valence-electron chi connectivity index (χ4n) is 1.53. The van der Waals surface area contributed by atoms with Crippen molar-refractivity contribution in [3.63, 3.8) is 0 Å². The minimum Gasteiger partial charge on any atom is -0.506 e. The zero-order valence-corrected chi connectivity index (χ0v) is 9.83. The third-order valence-electron chi connectivity index (χ3n) is 2.43. The van der Waals surface area contributed by atoms with Gasteiger partial charge in [-0.25, -0.2) is 4.39 Å². The molecule has 17 heavy (non-hydrogen) atoms. The maximum Gasteiger partial charge on any atom is 0.134 e. The number of aromatic hydroxyl groups is 1. The van der Waals surface area contributed by atoms with Crippen LogP contribution in [-0.2, 0) is 0 Å². The van der Waals surface area contributed by atoms with Gasteiger partial charge in [-0.3, -0.25) is 0 Å². The summed E-state index contributed by atoms with van der Waals surface area (Å²) >= 11 is 5.79. The molecule has 0 aliphatic carbocycles. The Balaban J connectivity index is 2.55. The molecule has 0 spiro atoms. The SMILES string of the molecule is COc1ccc(F)c(-c2ccc(O)c(Cl)c2)c1. The average Bonchev–Trinajstić information content (AvgIpc) is 2.33. The van der Waals surface area contributed by atoms with E-state index in [1.807, 2.05) is 0 Å². The van der Waals surface area contributed by atoms with Gasteiger partial charge in [-0.1, -0.05) is 17.7 Å². The van der Waals surface area contributed by atoms with Gasteiger partial charge in [-0.2, -0.15) is 0 Å². The van der Waals surface area contributed by atoms with Gasteiger partial charge >= 0.3 is 0 Å². The van der Waals surface area contributed by atoms with E-state index in [4.69, 9.17) is 16.3 Å². The molecule has 1 N–H and O–H groups in total. The number of ether oxygens (including phenoxy) is 1. The largest absolute Gasteiger partial charge is 0.506 e. The zero-order valence-electron chi connectivity index (χ0n) is 9.08. The van der Waals surface area contributed by atoms with Crippen molar-refractivity contribution in [1.29, 1.82) is 0 Å². The van der Waals surface area contributed by atoms with Gasteiger partial charge in [0, 0.05) is 5.56 Å². The first-order valence-corrected chi connectivity index (χ1v) is 5.32. The normalized spacial score (nSPS) is 10.3. The van der Waals surface area contributed by atoms with Crippen LogP contribution in [0.2, 0.25) is 5.02 Å². The molecule has 0 atom stereocenters. The van der Waals surface area contributed by atoms with Crippen LogP contribution in [0.25, 0.3) is 11.1 Å². The molecule has 2 aromatic carbocycles. The number of hydrogen-bond donors (Lipinski definition) is 1. The molecule has 0 saturated heterocycles. The van der Waals surface area contributed by atoms with Crippen molar-refractivity contribution in [2.75, 3.05) is 7.11 Å². The lowest BCUT2D eigenvalue weighted by Crippen LogP contribution is -1.88. The Kier molecular flexibility index (Phi) is 3.20. The Labute approximate surface area is 103 Å². The maximum absolute atomic E-state index is 13.7. The highest BCUT2D eigenvalue weighted by Crippen LogP contribution is 2.32. The van der Waals surface area contributed by atoms with Crippen LogP contribution in [0.1, 0.15) is 0 Å². The van der Waals surface area contributed by atoms with Crippen LogP contribution in [0, 0.1) is 5.82 Å². The molecule has 0 aliphatic rings. The van der Waals surface area contributed by atoms with Crippen LogP contribution in [0.5, 0.6) is 11.5 Å². The molecule has 4 heteroatoms. The van der Waals surface area contributed by atoms with Crippen LogP contribution < -0.4 is 4.74 Å². The van der Waals surface area contributed by atoms with Crippen molar-refractivity contribution in [3.8, 4) is 22.6 Å². The first kappa shape index (κ1) is 11.7. The summed E-state index contributed by atoms with van der Waals surface area (Å²) in [6.45, 7) is 0. The van der Waals surface area contributed by atoms with Crippen molar-refractivity contribution in [2.24, 2.45) is 0 Å². The predicted molar refractivity (Wildman–Crippen MR) is 65.1 cm³/mol. The van der Waals surface area contributed by atoms with E-state index in [0.29, 0.717) is 16.9 Å². The number of phenolic OH excluding ortho intramolecular Hbond substituents is 1. The molecule has 0 fully saturated rings. The van der Waals surface area contributed by atoms with E-state index < -0.39 is 0 Å². The van der Waals surface area contributed by atoms with Crippen molar-refractivity contribution in [1.82, 2.24) is 0 Å². The lowest BCUT2D eigenvalue weighted by Gasteiger charge is -2.07. The Bertz CT molecular complexity index is 555.